The zero-order chi connectivity index (χ0) is 23.4. The smallest absolute Gasteiger partial charge is 0.229 e. The Balaban J connectivity index is 1.86. The molecule has 0 bridgehead atoms. The molecule has 0 radical (unpaired) electrons. The van der Waals surface area contributed by atoms with Crippen molar-refractivity contribution in [2.75, 3.05) is 11.1 Å². The molecule has 4 aromatic rings. The first-order valence-corrected chi connectivity index (χ1v) is 10.6. The van der Waals surface area contributed by atoms with Gasteiger partial charge in [-0.15, -0.1) is 0 Å². The number of nitrogens with one attached hydrogen (secondary N) is 1. The fourth-order valence-electron chi connectivity index (χ4n) is 3.98. The van der Waals surface area contributed by atoms with Gasteiger partial charge in [-0.05, 0) is 72.0 Å². The van der Waals surface area contributed by atoms with Gasteiger partial charge in [0.15, 0.2) is 0 Å². The van der Waals surface area contributed by atoms with E-state index in [1.807, 2.05) is 30.3 Å². The van der Waals surface area contributed by atoms with E-state index in [1.165, 1.54) is 11.6 Å². The van der Waals surface area contributed by atoms with E-state index in [9.17, 15) is 0 Å². The molecule has 33 heavy (non-hydrogen) atoms. The van der Waals surface area contributed by atoms with Gasteiger partial charge in [0.2, 0.25) is 5.95 Å². The van der Waals surface area contributed by atoms with Crippen LogP contribution in [0.2, 0.25) is 0 Å². The minimum Gasteiger partial charge on any atom is -0.383 e. The highest BCUT2D eigenvalue weighted by Crippen LogP contribution is 2.36. The van der Waals surface area contributed by atoms with Crippen LogP contribution >= 0.6 is 0 Å². The minimum absolute atomic E-state index is 0.390. The number of nitrogens with zero attached hydrogens (tertiary/aromatic N) is 4. The second kappa shape index (κ2) is 9.21. The Kier molecular flexibility index (Phi) is 6.02. The maximum absolute atomic E-state index is 9.01. The summed E-state index contributed by atoms with van der Waals surface area (Å²) in [4.78, 5) is 9.25. The Labute approximate surface area is 192 Å². The first-order chi connectivity index (χ1) is 16.0. The summed E-state index contributed by atoms with van der Waals surface area (Å²) in [5.74, 6) is 0.781. The van der Waals surface area contributed by atoms with Crippen molar-refractivity contribution in [2.24, 2.45) is 0 Å². The van der Waals surface area contributed by atoms with E-state index < -0.39 is 0 Å². The van der Waals surface area contributed by atoms with E-state index in [0.717, 1.165) is 45.3 Å². The maximum atomic E-state index is 9.01. The summed E-state index contributed by atoms with van der Waals surface area (Å²) < 4.78 is 0. The summed E-state index contributed by atoms with van der Waals surface area (Å²) in [7, 11) is 0. The van der Waals surface area contributed by atoms with E-state index in [0.29, 0.717) is 17.3 Å². The third kappa shape index (κ3) is 4.37. The Morgan fingerprint density at radius 3 is 2.55 bits per heavy atom. The standard InChI is InChI=1S/C27H22N6/c1-3-20-15-19(6-5-13-28)14-17(2)24(20)22-7-4-8-23-25(22)32-27(33-26(23)30)31-21-11-9-18(16-29)10-12-21/h4-12,14-15H,3H2,1-2H3,(H3,30,31,32,33)/b6-5+. The van der Waals surface area contributed by atoms with Crippen molar-refractivity contribution in [3.63, 3.8) is 0 Å². The number of rotatable bonds is 5. The van der Waals surface area contributed by atoms with Gasteiger partial charge in [-0.25, -0.2) is 4.98 Å². The van der Waals surface area contributed by atoms with Crippen molar-refractivity contribution in [1.29, 1.82) is 10.5 Å². The van der Waals surface area contributed by atoms with Gasteiger partial charge in [0.1, 0.15) is 5.82 Å². The normalized spacial score (nSPS) is 10.8. The van der Waals surface area contributed by atoms with Crippen LogP contribution in [0.3, 0.4) is 0 Å². The minimum atomic E-state index is 0.390. The van der Waals surface area contributed by atoms with E-state index in [2.05, 4.69) is 42.4 Å². The molecule has 160 valence electrons. The number of nitrogen functional groups attached to an aromatic ring is 1. The largest absolute Gasteiger partial charge is 0.383 e. The van der Waals surface area contributed by atoms with E-state index in [4.69, 9.17) is 21.2 Å². The number of para-hydroxylation sites is 1. The molecular weight excluding hydrogens is 408 g/mol. The zero-order valence-electron chi connectivity index (χ0n) is 18.4. The molecule has 0 saturated heterocycles. The number of benzene rings is 3. The molecule has 6 nitrogen and oxygen atoms in total. The molecule has 0 aliphatic rings. The van der Waals surface area contributed by atoms with Crippen molar-refractivity contribution in [2.45, 2.75) is 20.3 Å². The second-order valence-corrected chi connectivity index (χ2v) is 7.64. The van der Waals surface area contributed by atoms with Crippen LogP contribution in [0.25, 0.3) is 28.1 Å². The Hall–Kier alpha value is -4.68. The van der Waals surface area contributed by atoms with E-state index >= 15 is 0 Å². The van der Waals surface area contributed by atoms with Crippen molar-refractivity contribution in [1.82, 2.24) is 9.97 Å². The van der Waals surface area contributed by atoms with Crippen molar-refractivity contribution < 1.29 is 0 Å². The van der Waals surface area contributed by atoms with Gasteiger partial charge in [-0.3, -0.25) is 0 Å². The molecule has 0 aliphatic heterocycles. The van der Waals surface area contributed by atoms with Crippen molar-refractivity contribution in [3.05, 3.63) is 82.9 Å². The number of nitriles is 2. The van der Waals surface area contributed by atoms with Gasteiger partial charge in [-0.2, -0.15) is 15.5 Å². The number of aromatic nitrogens is 2. The average molecular weight is 431 g/mol. The SMILES string of the molecule is CCc1cc(/C=C/C#N)cc(C)c1-c1cccc2c(N)nc(Nc3ccc(C#N)cc3)nc12. The summed E-state index contributed by atoms with van der Waals surface area (Å²) in [5.41, 5.74) is 13.8. The summed E-state index contributed by atoms with van der Waals surface area (Å²) in [6.07, 6.45) is 4.14. The first-order valence-electron chi connectivity index (χ1n) is 10.6. The number of hydrogen-bond donors (Lipinski definition) is 2. The van der Waals surface area contributed by atoms with Crippen LogP contribution in [0.4, 0.5) is 17.5 Å². The van der Waals surface area contributed by atoms with E-state index in [1.54, 1.807) is 24.3 Å². The lowest BCUT2D eigenvalue weighted by Crippen LogP contribution is -2.03. The van der Waals surface area contributed by atoms with Crippen LogP contribution in [0.5, 0.6) is 0 Å². The predicted molar refractivity (Wildman–Crippen MR) is 133 cm³/mol. The molecule has 0 atom stereocenters. The molecular formula is C27H22N6. The monoisotopic (exact) mass is 430 g/mol. The summed E-state index contributed by atoms with van der Waals surface area (Å²) >= 11 is 0. The van der Waals surface area contributed by atoms with Gasteiger partial charge in [0, 0.05) is 22.7 Å². The number of nitrogens with two attached hydrogens (primary N) is 1. The van der Waals surface area contributed by atoms with Crippen molar-refractivity contribution >= 4 is 34.4 Å². The lowest BCUT2D eigenvalue weighted by atomic mass is 9.90. The quantitative estimate of drug-likeness (QED) is 0.381. The number of hydrogen-bond acceptors (Lipinski definition) is 6. The van der Waals surface area contributed by atoms with Crippen LogP contribution in [-0.4, -0.2) is 9.97 Å². The number of anilines is 3. The van der Waals surface area contributed by atoms with Gasteiger partial charge in [0.25, 0.3) is 0 Å². The molecule has 0 unspecified atom stereocenters. The molecule has 0 amide bonds. The average Bonchev–Trinajstić information content (AvgIpc) is 2.83. The highest BCUT2D eigenvalue weighted by molar-refractivity contribution is 6.00. The molecule has 1 aromatic heterocycles. The molecule has 3 aromatic carbocycles. The Morgan fingerprint density at radius 1 is 1.06 bits per heavy atom. The maximum Gasteiger partial charge on any atom is 0.229 e. The van der Waals surface area contributed by atoms with Crippen molar-refractivity contribution in [3.8, 4) is 23.3 Å². The second-order valence-electron chi connectivity index (χ2n) is 7.64. The molecule has 4 rings (SSSR count). The first kappa shape index (κ1) is 21.5. The predicted octanol–water partition coefficient (Wildman–Crippen LogP) is 5.90. The molecule has 6 heteroatoms. The molecule has 0 saturated carbocycles. The lowest BCUT2D eigenvalue weighted by molar-refractivity contribution is 1.13. The zero-order valence-corrected chi connectivity index (χ0v) is 18.4. The number of allylic oxidation sites excluding steroid dienone is 1. The third-order valence-corrected chi connectivity index (χ3v) is 5.47. The van der Waals surface area contributed by atoms with Crippen LogP contribution in [0.1, 0.15) is 29.2 Å². The lowest BCUT2D eigenvalue weighted by Gasteiger charge is -2.16. The van der Waals surface area contributed by atoms with Gasteiger partial charge in [0.05, 0.1) is 23.2 Å². The number of aryl methyl sites for hydroxylation is 2. The molecule has 0 spiro atoms. The summed E-state index contributed by atoms with van der Waals surface area (Å²) in [5, 5.41) is 21.9. The van der Waals surface area contributed by atoms with Crippen LogP contribution < -0.4 is 11.1 Å². The van der Waals surface area contributed by atoms with Gasteiger partial charge < -0.3 is 11.1 Å². The van der Waals surface area contributed by atoms with Gasteiger partial charge in [-0.1, -0.05) is 31.2 Å². The fraction of sp³-hybridized carbons (Fsp3) is 0.111. The Morgan fingerprint density at radius 2 is 1.85 bits per heavy atom. The number of fused-ring (bicyclic) bond motifs is 1. The molecule has 1 heterocycles. The highest BCUT2D eigenvalue weighted by atomic mass is 15.1. The Bertz CT molecular complexity index is 1450. The molecule has 0 aliphatic carbocycles. The highest BCUT2D eigenvalue weighted by Gasteiger charge is 2.15. The third-order valence-electron chi connectivity index (χ3n) is 5.47. The molecule has 3 N–H and O–H groups in total. The fourth-order valence-corrected chi connectivity index (χ4v) is 3.98. The molecule has 0 fully saturated rings. The van der Waals surface area contributed by atoms with E-state index in [-0.39, 0.29) is 0 Å². The van der Waals surface area contributed by atoms with Gasteiger partial charge >= 0.3 is 0 Å². The topological polar surface area (TPSA) is 111 Å². The van der Waals surface area contributed by atoms with Crippen LogP contribution in [0.15, 0.2) is 60.7 Å². The summed E-state index contributed by atoms with van der Waals surface area (Å²) in [6, 6.07) is 21.4. The van der Waals surface area contributed by atoms with Crippen LogP contribution in [-0.2, 0) is 6.42 Å². The summed E-state index contributed by atoms with van der Waals surface area (Å²) in [6.45, 7) is 4.18. The van der Waals surface area contributed by atoms with Crippen LogP contribution in [0, 0.1) is 29.6 Å².